The highest BCUT2D eigenvalue weighted by Gasteiger charge is 2.54. The first kappa shape index (κ1) is 20.6. The molecule has 3 aliphatic heterocycles. The number of imidazole rings is 1. The van der Waals surface area contributed by atoms with Gasteiger partial charge < -0.3 is 4.74 Å². The van der Waals surface area contributed by atoms with E-state index in [9.17, 15) is 9.59 Å². The monoisotopic (exact) mass is 429 g/mol. The number of urea groups is 1. The summed E-state index contributed by atoms with van der Waals surface area (Å²) in [5.74, 6) is 1.22. The SMILES string of the molecule is Cc1c(C)[n+]2c(n1C1CCCCC1)N=C1C2C(=O)N(CCN2CCOCC2)C(=O)N1C. The highest BCUT2D eigenvalue weighted by molar-refractivity contribution is 6.19. The van der Waals surface area contributed by atoms with Crippen molar-refractivity contribution in [1.29, 1.82) is 0 Å². The summed E-state index contributed by atoms with van der Waals surface area (Å²) in [6.45, 7) is 8.34. The number of rotatable bonds is 4. The first-order chi connectivity index (χ1) is 15.0. The summed E-state index contributed by atoms with van der Waals surface area (Å²) in [5.41, 5.74) is 2.24. The number of amides is 3. The predicted octanol–water partition coefficient (Wildman–Crippen LogP) is 1.71. The van der Waals surface area contributed by atoms with E-state index in [4.69, 9.17) is 9.73 Å². The number of carbonyl (C=O) groups is 2. The molecule has 0 bridgehead atoms. The minimum Gasteiger partial charge on any atom is -0.379 e. The maximum atomic E-state index is 13.6. The summed E-state index contributed by atoms with van der Waals surface area (Å²) in [6.07, 6.45) is 6.04. The number of ether oxygens (including phenoxy) is 1. The van der Waals surface area contributed by atoms with Crippen LogP contribution in [-0.2, 0) is 9.53 Å². The Morgan fingerprint density at radius 3 is 2.48 bits per heavy atom. The van der Waals surface area contributed by atoms with Crippen molar-refractivity contribution in [3.63, 3.8) is 0 Å². The molecular weight excluding hydrogens is 396 g/mol. The average Bonchev–Trinajstić information content (AvgIpc) is 3.29. The normalized spacial score (nSPS) is 25.1. The highest BCUT2D eigenvalue weighted by Crippen LogP contribution is 2.37. The number of nitrogens with zero attached hydrogens (tertiary/aromatic N) is 6. The van der Waals surface area contributed by atoms with Gasteiger partial charge in [-0.05, 0) is 39.5 Å². The number of hydrogen-bond donors (Lipinski definition) is 0. The summed E-state index contributed by atoms with van der Waals surface area (Å²) >= 11 is 0. The van der Waals surface area contributed by atoms with E-state index in [0.717, 1.165) is 37.6 Å². The van der Waals surface area contributed by atoms with Gasteiger partial charge in [0, 0.05) is 33.2 Å². The Labute approximate surface area is 183 Å². The molecule has 3 amide bonds. The number of imide groups is 1. The van der Waals surface area contributed by atoms with Crippen LogP contribution in [0.5, 0.6) is 0 Å². The fourth-order valence-corrected chi connectivity index (χ4v) is 5.51. The van der Waals surface area contributed by atoms with Crippen molar-refractivity contribution in [2.24, 2.45) is 4.99 Å². The number of hydrogen-bond acceptors (Lipinski definition) is 5. The number of amidine groups is 1. The zero-order chi connectivity index (χ0) is 21.7. The molecule has 2 saturated heterocycles. The summed E-state index contributed by atoms with van der Waals surface area (Å²) in [5, 5.41) is 0. The van der Waals surface area contributed by atoms with Gasteiger partial charge in [-0.1, -0.05) is 11.4 Å². The Kier molecular flexibility index (Phi) is 5.34. The lowest BCUT2D eigenvalue weighted by molar-refractivity contribution is -0.683. The molecule has 1 atom stereocenters. The van der Waals surface area contributed by atoms with Crippen LogP contribution in [0.4, 0.5) is 10.7 Å². The van der Waals surface area contributed by atoms with E-state index in [-0.39, 0.29) is 11.9 Å². The Balaban J connectivity index is 1.45. The number of carbonyl (C=O) groups excluding carboxylic acids is 2. The second-order valence-electron chi connectivity index (χ2n) is 9.16. The minimum absolute atomic E-state index is 0.164. The number of fused-ring (bicyclic) bond motifs is 3. The molecule has 0 radical (unpaired) electrons. The number of aromatic nitrogens is 2. The number of aliphatic imine (C=N–C) groups is 1. The van der Waals surface area contributed by atoms with E-state index >= 15 is 0 Å². The molecule has 0 aromatic carbocycles. The predicted molar refractivity (Wildman–Crippen MR) is 114 cm³/mol. The van der Waals surface area contributed by atoms with E-state index in [1.54, 1.807) is 11.9 Å². The Morgan fingerprint density at radius 1 is 1.06 bits per heavy atom. The standard InChI is InChI=1S/C22H33N6O3/c1-15-16(2)28-18-19(23-21(28)27(15)17-7-5-4-6-8-17)24(3)22(30)26(20(18)29)10-9-25-11-13-31-14-12-25/h17-18H,4-14H2,1-3H3/q+1. The average molecular weight is 430 g/mol. The minimum atomic E-state index is -0.550. The lowest BCUT2D eigenvalue weighted by Crippen LogP contribution is -2.64. The first-order valence-corrected chi connectivity index (χ1v) is 11.6. The van der Waals surface area contributed by atoms with Gasteiger partial charge in [0.1, 0.15) is 11.4 Å². The highest BCUT2D eigenvalue weighted by atomic mass is 16.5. The second kappa shape index (κ2) is 8.02. The van der Waals surface area contributed by atoms with Crippen LogP contribution in [0.2, 0.25) is 0 Å². The van der Waals surface area contributed by atoms with E-state index in [2.05, 4.69) is 27.9 Å². The number of morpholine rings is 1. The van der Waals surface area contributed by atoms with Crippen molar-refractivity contribution in [1.82, 2.24) is 19.3 Å². The van der Waals surface area contributed by atoms with Crippen LogP contribution in [0.15, 0.2) is 4.99 Å². The van der Waals surface area contributed by atoms with Crippen LogP contribution in [0.1, 0.15) is 55.6 Å². The second-order valence-corrected chi connectivity index (χ2v) is 9.16. The maximum Gasteiger partial charge on any atom is 0.402 e. The molecule has 4 heterocycles. The summed E-state index contributed by atoms with van der Waals surface area (Å²) in [7, 11) is 1.74. The van der Waals surface area contributed by atoms with Crippen LogP contribution in [0.3, 0.4) is 0 Å². The lowest BCUT2D eigenvalue weighted by Gasteiger charge is -2.35. The molecule has 1 unspecified atom stereocenters. The molecule has 0 N–H and O–H groups in total. The van der Waals surface area contributed by atoms with E-state index in [1.807, 2.05) is 0 Å². The van der Waals surface area contributed by atoms with Crippen LogP contribution in [-0.4, -0.2) is 83.5 Å². The van der Waals surface area contributed by atoms with Gasteiger partial charge in [-0.2, -0.15) is 0 Å². The molecule has 9 nitrogen and oxygen atoms in total. The maximum absolute atomic E-state index is 13.6. The van der Waals surface area contributed by atoms with Crippen LogP contribution >= 0.6 is 0 Å². The molecule has 1 aromatic heterocycles. The van der Waals surface area contributed by atoms with Crippen LogP contribution < -0.4 is 4.57 Å². The van der Waals surface area contributed by atoms with Crippen LogP contribution in [0.25, 0.3) is 0 Å². The van der Waals surface area contributed by atoms with Gasteiger partial charge in [0.05, 0.1) is 19.3 Å². The Hall–Kier alpha value is -2.26. The van der Waals surface area contributed by atoms with E-state index < -0.39 is 6.04 Å². The largest absolute Gasteiger partial charge is 0.402 e. The van der Waals surface area contributed by atoms with Gasteiger partial charge in [0.2, 0.25) is 11.9 Å². The van der Waals surface area contributed by atoms with Gasteiger partial charge in [-0.25, -0.2) is 13.9 Å². The van der Waals surface area contributed by atoms with Crippen molar-refractivity contribution in [3.05, 3.63) is 11.4 Å². The van der Waals surface area contributed by atoms with Crippen molar-refractivity contribution in [3.8, 4) is 0 Å². The van der Waals surface area contributed by atoms with Crippen molar-refractivity contribution >= 4 is 23.7 Å². The lowest BCUT2D eigenvalue weighted by atomic mass is 9.95. The molecular formula is C22H33N6O3+. The fourth-order valence-electron chi connectivity index (χ4n) is 5.51. The third-order valence-electron chi connectivity index (χ3n) is 7.44. The fraction of sp³-hybridized carbons (Fsp3) is 0.727. The molecule has 9 heteroatoms. The quantitative estimate of drug-likeness (QED) is 0.683. The van der Waals surface area contributed by atoms with Gasteiger partial charge >= 0.3 is 12.0 Å². The molecule has 4 aliphatic rings. The smallest absolute Gasteiger partial charge is 0.379 e. The third kappa shape index (κ3) is 3.29. The topological polar surface area (TPSA) is 74.3 Å². The Morgan fingerprint density at radius 2 is 1.77 bits per heavy atom. The first-order valence-electron chi connectivity index (χ1n) is 11.6. The molecule has 168 valence electrons. The van der Waals surface area contributed by atoms with E-state index in [1.165, 1.54) is 29.9 Å². The summed E-state index contributed by atoms with van der Waals surface area (Å²) in [6, 6.07) is -0.412. The van der Waals surface area contributed by atoms with Gasteiger partial charge in [0.15, 0.2) is 0 Å². The Bertz CT molecular complexity index is 926. The molecule has 1 saturated carbocycles. The van der Waals surface area contributed by atoms with Gasteiger partial charge in [0.25, 0.3) is 5.91 Å². The van der Waals surface area contributed by atoms with Gasteiger partial charge in [-0.15, -0.1) is 0 Å². The van der Waals surface area contributed by atoms with E-state index in [0.29, 0.717) is 38.2 Å². The van der Waals surface area contributed by atoms with Crippen molar-refractivity contribution in [2.75, 3.05) is 46.4 Å². The zero-order valence-electron chi connectivity index (χ0n) is 18.8. The molecule has 5 rings (SSSR count). The summed E-state index contributed by atoms with van der Waals surface area (Å²) in [4.78, 5) is 36.7. The molecule has 1 aliphatic carbocycles. The van der Waals surface area contributed by atoms with Crippen LogP contribution in [0, 0.1) is 13.8 Å². The van der Waals surface area contributed by atoms with Crippen molar-refractivity contribution < 1.29 is 18.9 Å². The third-order valence-corrected chi connectivity index (χ3v) is 7.44. The molecule has 1 aromatic rings. The van der Waals surface area contributed by atoms with Gasteiger partial charge in [-0.3, -0.25) is 19.5 Å². The molecule has 3 fully saturated rings. The number of likely N-dealkylation sites (N-methyl/N-ethyl adjacent to an activating group) is 1. The van der Waals surface area contributed by atoms with Crippen molar-refractivity contribution in [2.45, 2.75) is 58.0 Å². The molecule has 0 spiro atoms. The molecule has 31 heavy (non-hydrogen) atoms. The zero-order valence-corrected chi connectivity index (χ0v) is 18.8. The summed E-state index contributed by atoms with van der Waals surface area (Å²) < 4.78 is 9.79.